The smallest absolute Gasteiger partial charge is 0.263 e. The number of rotatable bonds is 5. The second kappa shape index (κ2) is 9.18. The minimum Gasteiger partial charge on any atom is -0.378 e. The van der Waals surface area contributed by atoms with Gasteiger partial charge in [-0.15, -0.1) is 0 Å². The molecule has 34 heavy (non-hydrogen) atoms. The van der Waals surface area contributed by atoms with Gasteiger partial charge in [-0.3, -0.25) is 4.79 Å². The molecule has 0 bridgehead atoms. The first kappa shape index (κ1) is 22.0. The minimum absolute atomic E-state index is 0.174. The quantitative estimate of drug-likeness (QED) is 0.463. The summed E-state index contributed by atoms with van der Waals surface area (Å²) < 4.78 is 33.3. The molecule has 174 valence electrons. The van der Waals surface area contributed by atoms with E-state index in [1.54, 1.807) is 23.0 Å². The predicted molar refractivity (Wildman–Crippen MR) is 126 cm³/mol. The third-order valence-corrected chi connectivity index (χ3v) is 5.86. The molecule has 0 spiro atoms. The molecule has 1 aliphatic rings. The van der Waals surface area contributed by atoms with Crippen LogP contribution in [0.1, 0.15) is 27.9 Å². The van der Waals surface area contributed by atoms with E-state index in [1.165, 1.54) is 24.3 Å². The number of halogens is 2. The van der Waals surface area contributed by atoms with Gasteiger partial charge in [0.2, 0.25) is 0 Å². The molecule has 2 aromatic carbocycles. The second-order valence-corrected chi connectivity index (χ2v) is 8.12. The highest BCUT2D eigenvalue weighted by Gasteiger charge is 2.19. The molecule has 5 rings (SSSR count). The maximum Gasteiger partial charge on any atom is 0.263 e. The van der Waals surface area contributed by atoms with Crippen LogP contribution in [-0.2, 0) is 4.74 Å². The normalized spacial score (nSPS) is 14.1. The number of hydrogen-bond donors (Lipinski definition) is 1. The number of morpholine rings is 1. The molecule has 1 aliphatic heterocycles. The van der Waals surface area contributed by atoms with Gasteiger partial charge in [0.25, 0.3) is 12.3 Å². The van der Waals surface area contributed by atoms with Gasteiger partial charge in [-0.2, -0.15) is 5.10 Å². The number of nitrogens with zero attached hydrogens (tertiary/aromatic N) is 4. The van der Waals surface area contributed by atoms with Crippen molar-refractivity contribution >= 4 is 22.9 Å². The van der Waals surface area contributed by atoms with Gasteiger partial charge in [-0.1, -0.05) is 18.2 Å². The molecule has 1 saturated heterocycles. The van der Waals surface area contributed by atoms with Gasteiger partial charge in [0.15, 0.2) is 5.65 Å². The molecular weight excluding hydrogens is 440 g/mol. The van der Waals surface area contributed by atoms with Gasteiger partial charge >= 0.3 is 0 Å². The molecule has 0 aliphatic carbocycles. The Balaban J connectivity index is 1.48. The first-order chi connectivity index (χ1) is 16.5. The molecule has 2 aromatic heterocycles. The van der Waals surface area contributed by atoms with Gasteiger partial charge in [-0.25, -0.2) is 18.3 Å². The molecule has 1 fully saturated rings. The Bertz CT molecular complexity index is 1350. The summed E-state index contributed by atoms with van der Waals surface area (Å²) >= 11 is 0. The number of carbonyl (C=O) groups is 1. The summed E-state index contributed by atoms with van der Waals surface area (Å²) in [4.78, 5) is 19.4. The number of amides is 1. The topological polar surface area (TPSA) is 71.8 Å². The lowest BCUT2D eigenvalue weighted by molar-refractivity contribution is 0.102. The van der Waals surface area contributed by atoms with E-state index in [0.717, 1.165) is 41.2 Å². The Labute approximate surface area is 195 Å². The van der Waals surface area contributed by atoms with E-state index in [1.807, 2.05) is 25.1 Å². The molecule has 7 nitrogen and oxygen atoms in total. The number of hydrogen-bond acceptors (Lipinski definition) is 5. The third kappa shape index (κ3) is 4.34. The van der Waals surface area contributed by atoms with E-state index in [4.69, 9.17) is 9.84 Å². The largest absolute Gasteiger partial charge is 0.378 e. The van der Waals surface area contributed by atoms with Crippen LogP contribution in [0, 0.1) is 6.92 Å². The summed E-state index contributed by atoms with van der Waals surface area (Å²) in [6, 6.07) is 13.0. The highest BCUT2D eigenvalue weighted by atomic mass is 19.3. The van der Waals surface area contributed by atoms with Crippen molar-refractivity contribution in [1.29, 1.82) is 0 Å². The summed E-state index contributed by atoms with van der Waals surface area (Å²) in [6.07, 6.45) is 0.885. The summed E-state index contributed by atoms with van der Waals surface area (Å²) in [5.41, 5.74) is 4.84. The van der Waals surface area contributed by atoms with Gasteiger partial charge in [0.05, 0.1) is 24.6 Å². The zero-order chi connectivity index (χ0) is 23.7. The van der Waals surface area contributed by atoms with Gasteiger partial charge in [0, 0.05) is 47.9 Å². The summed E-state index contributed by atoms with van der Waals surface area (Å²) in [5.74, 6) is -0.454. The fourth-order valence-electron chi connectivity index (χ4n) is 4.06. The van der Waals surface area contributed by atoms with Crippen molar-refractivity contribution in [2.24, 2.45) is 0 Å². The monoisotopic (exact) mass is 463 g/mol. The second-order valence-electron chi connectivity index (χ2n) is 8.12. The van der Waals surface area contributed by atoms with E-state index in [2.05, 4.69) is 15.2 Å². The Kier molecular flexibility index (Phi) is 5.93. The SMILES string of the molecule is Cc1ccc(NC(=O)c2cccc(C(F)F)c2)cc1-c1cc(N2CCOCC2)c2nccn2n1. The number of ether oxygens (including phenoxy) is 1. The van der Waals surface area contributed by atoms with Crippen LogP contribution in [0.15, 0.2) is 60.9 Å². The van der Waals surface area contributed by atoms with Gasteiger partial charge < -0.3 is 15.0 Å². The van der Waals surface area contributed by atoms with Crippen LogP contribution in [0.4, 0.5) is 20.2 Å². The molecule has 0 atom stereocenters. The summed E-state index contributed by atoms with van der Waals surface area (Å²) in [7, 11) is 0. The molecule has 0 saturated carbocycles. The van der Waals surface area contributed by atoms with Crippen LogP contribution in [0.3, 0.4) is 0 Å². The van der Waals surface area contributed by atoms with Crippen molar-refractivity contribution in [1.82, 2.24) is 14.6 Å². The number of aryl methyl sites for hydroxylation is 1. The molecular formula is C25H23F2N5O2. The predicted octanol–water partition coefficient (Wildman–Crippen LogP) is 4.73. The lowest BCUT2D eigenvalue weighted by Gasteiger charge is -2.29. The van der Waals surface area contributed by atoms with Gasteiger partial charge in [-0.05, 0) is 42.8 Å². The number of carbonyl (C=O) groups excluding carboxylic acids is 1. The minimum atomic E-state index is -2.64. The summed E-state index contributed by atoms with van der Waals surface area (Å²) in [5, 5.41) is 7.55. The molecule has 3 heterocycles. The molecule has 1 N–H and O–H groups in total. The van der Waals surface area contributed by atoms with E-state index in [0.29, 0.717) is 18.9 Å². The Morgan fingerprint density at radius 1 is 1.12 bits per heavy atom. The highest BCUT2D eigenvalue weighted by Crippen LogP contribution is 2.31. The first-order valence-electron chi connectivity index (χ1n) is 11.0. The molecule has 9 heteroatoms. The molecule has 1 amide bonds. The van der Waals surface area contributed by atoms with E-state index in [-0.39, 0.29) is 11.1 Å². The van der Waals surface area contributed by atoms with Crippen molar-refractivity contribution < 1.29 is 18.3 Å². The van der Waals surface area contributed by atoms with Crippen molar-refractivity contribution in [2.75, 3.05) is 36.5 Å². The maximum atomic E-state index is 13.0. The standard InChI is InChI=1S/C25H23F2N5O2/c1-16-5-6-19(29-25(33)18-4-2-3-17(13-18)23(26)27)14-20(16)21-15-22(31-9-11-34-12-10-31)24-28-7-8-32(24)30-21/h2-8,13-15,23H,9-12H2,1H3,(H,29,33). The van der Waals surface area contributed by atoms with Crippen molar-refractivity contribution in [2.45, 2.75) is 13.3 Å². The van der Waals surface area contributed by atoms with Crippen molar-refractivity contribution in [3.8, 4) is 11.3 Å². The number of anilines is 2. The number of aromatic nitrogens is 3. The van der Waals surface area contributed by atoms with E-state index >= 15 is 0 Å². The third-order valence-electron chi connectivity index (χ3n) is 5.86. The van der Waals surface area contributed by atoms with Crippen LogP contribution < -0.4 is 10.2 Å². The first-order valence-corrected chi connectivity index (χ1v) is 11.0. The average Bonchev–Trinajstić information content (AvgIpc) is 3.34. The number of alkyl halides is 2. The Morgan fingerprint density at radius 2 is 1.94 bits per heavy atom. The lowest BCUT2D eigenvalue weighted by Crippen LogP contribution is -2.36. The zero-order valence-electron chi connectivity index (χ0n) is 18.5. The van der Waals surface area contributed by atoms with Crippen LogP contribution in [0.25, 0.3) is 16.9 Å². The lowest BCUT2D eigenvalue weighted by atomic mass is 10.0. The van der Waals surface area contributed by atoms with Crippen LogP contribution in [-0.4, -0.2) is 46.8 Å². The number of benzene rings is 2. The Hall–Kier alpha value is -3.85. The summed E-state index contributed by atoms with van der Waals surface area (Å²) in [6.45, 7) is 4.80. The molecule has 0 unspecified atom stereocenters. The van der Waals surface area contributed by atoms with Gasteiger partial charge in [0.1, 0.15) is 0 Å². The van der Waals surface area contributed by atoms with Crippen molar-refractivity contribution in [3.63, 3.8) is 0 Å². The van der Waals surface area contributed by atoms with E-state index in [9.17, 15) is 13.6 Å². The number of fused-ring (bicyclic) bond motifs is 1. The molecule has 0 radical (unpaired) electrons. The zero-order valence-corrected chi connectivity index (χ0v) is 18.5. The molecule has 4 aromatic rings. The maximum absolute atomic E-state index is 13.0. The van der Waals surface area contributed by atoms with Crippen molar-refractivity contribution in [3.05, 3.63) is 77.6 Å². The number of nitrogens with one attached hydrogen (secondary N) is 1. The number of imidazole rings is 1. The highest BCUT2D eigenvalue weighted by molar-refractivity contribution is 6.04. The van der Waals surface area contributed by atoms with Crippen LogP contribution in [0.5, 0.6) is 0 Å². The van der Waals surface area contributed by atoms with Crippen LogP contribution >= 0.6 is 0 Å². The fraction of sp³-hybridized carbons (Fsp3) is 0.240. The average molecular weight is 463 g/mol. The fourth-order valence-corrected chi connectivity index (χ4v) is 4.06. The van der Waals surface area contributed by atoms with Crippen LogP contribution in [0.2, 0.25) is 0 Å². The Morgan fingerprint density at radius 3 is 2.74 bits per heavy atom. The van der Waals surface area contributed by atoms with E-state index < -0.39 is 12.3 Å².